The standard InChI is InChI=1S/C24H26F9N3O4/c25-22(26,27)16-2-1-14(17(9-16)36-6-3-15(11-36)18(37)38)10-34-12-21(13-34)4-7-35(8-5-21)20(39)40-19(23(28,29)30)24(31,32)33/h1-2,9,15,19H,3-8,10-13H2,(H,37,38). The van der Waals surface area contributed by atoms with Crippen molar-refractivity contribution in [3.8, 4) is 0 Å². The number of carboxylic acids is 1. The molecule has 4 rings (SSSR count). The van der Waals surface area contributed by atoms with Crippen LogP contribution in [0.25, 0.3) is 0 Å². The third-order valence-corrected chi connectivity index (χ3v) is 7.70. The Labute approximate surface area is 222 Å². The van der Waals surface area contributed by atoms with E-state index >= 15 is 0 Å². The molecule has 40 heavy (non-hydrogen) atoms. The molecule has 1 N–H and O–H groups in total. The summed E-state index contributed by atoms with van der Waals surface area (Å²) >= 11 is 0. The van der Waals surface area contributed by atoms with Gasteiger partial charge in [-0.05, 0) is 42.4 Å². The monoisotopic (exact) mass is 591 g/mol. The number of rotatable bonds is 5. The average molecular weight is 591 g/mol. The number of carbonyl (C=O) groups excluding carboxylic acids is 1. The van der Waals surface area contributed by atoms with E-state index in [4.69, 9.17) is 0 Å². The number of anilines is 1. The van der Waals surface area contributed by atoms with Gasteiger partial charge >= 0.3 is 30.6 Å². The van der Waals surface area contributed by atoms with E-state index in [1.807, 2.05) is 4.90 Å². The largest absolute Gasteiger partial charge is 0.481 e. The van der Waals surface area contributed by atoms with Crippen LogP contribution in [0.4, 0.5) is 50.0 Å². The summed E-state index contributed by atoms with van der Waals surface area (Å²) in [7, 11) is 0. The zero-order chi connectivity index (χ0) is 29.7. The summed E-state index contributed by atoms with van der Waals surface area (Å²) in [4.78, 5) is 27.7. The number of alkyl halides is 9. The van der Waals surface area contributed by atoms with Gasteiger partial charge in [0.2, 0.25) is 0 Å². The maximum atomic E-state index is 13.4. The van der Waals surface area contributed by atoms with E-state index in [-0.39, 0.29) is 38.1 Å². The first-order chi connectivity index (χ1) is 18.4. The van der Waals surface area contributed by atoms with E-state index in [0.29, 0.717) is 43.6 Å². The van der Waals surface area contributed by atoms with Gasteiger partial charge in [0, 0.05) is 51.5 Å². The number of hydrogen-bond donors (Lipinski definition) is 1. The fraction of sp³-hybridized carbons (Fsp3) is 0.667. The van der Waals surface area contributed by atoms with E-state index in [1.54, 1.807) is 4.90 Å². The van der Waals surface area contributed by atoms with Gasteiger partial charge in [0.25, 0.3) is 6.10 Å². The molecule has 3 saturated heterocycles. The van der Waals surface area contributed by atoms with Crippen LogP contribution in [-0.4, -0.2) is 84.7 Å². The van der Waals surface area contributed by atoms with Crippen molar-refractivity contribution in [2.45, 2.75) is 50.4 Å². The number of halogens is 9. The summed E-state index contributed by atoms with van der Waals surface area (Å²) in [5.74, 6) is -1.72. The van der Waals surface area contributed by atoms with Crippen LogP contribution in [-0.2, 0) is 22.3 Å². The van der Waals surface area contributed by atoms with Gasteiger partial charge in [0.05, 0.1) is 11.5 Å². The van der Waals surface area contributed by atoms with Gasteiger partial charge in [-0.25, -0.2) is 4.79 Å². The fourth-order valence-electron chi connectivity index (χ4n) is 5.58. The van der Waals surface area contributed by atoms with Crippen molar-refractivity contribution >= 4 is 17.7 Å². The second-order valence-corrected chi connectivity index (χ2v) is 10.6. The highest BCUT2D eigenvalue weighted by Gasteiger charge is 2.60. The Kier molecular flexibility index (Phi) is 7.88. The van der Waals surface area contributed by atoms with Crippen molar-refractivity contribution < 1.29 is 58.9 Å². The number of benzene rings is 1. The Hall–Kier alpha value is -2.91. The predicted octanol–water partition coefficient (Wildman–Crippen LogP) is 5.14. The number of likely N-dealkylation sites (tertiary alicyclic amines) is 2. The Morgan fingerprint density at radius 1 is 0.975 bits per heavy atom. The van der Waals surface area contributed by atoms with Gasteiger partial charge in [-0.1, -0.05) is 6.07 Å². The zero-order valence-electron chi connectivity index (χ0n) is 20.9. The van der Waals surface area contributed by atoms with Gasteiger partial charge in [-0.15, -0.1) is 0 Å². The second-order valence-electron chi connectivity index (χ2n) is 10.6. The van der Waals surface area contributed by atoms with Crippen LogP contribution in [0.3, 0.4) is 0 Å². The summed E-state index contributed by atoms with van der Waals surface area (Å²) in [5, 5.41) is 9.28. The van der Waals surface area contributed by atoms with Crippen molar-refractivity contribution in [1.82, 2.24) is 9.80 Å². The molecule has 3 aliphatic rings. The first-order valence-electron chi connectivity index (χ1n) is 12.4. The molecule has 0 radical (unpaired) electrons. The number of aliphatic carboxylic acids is 1. The SMILES string of the molecule is O=C(O)C1CCN(c2cc(C(F)(F)F)ccc2CN2CC3(CCN(C(=O)OC(C(F)(F)F)C(F)(F)F)CC3)C2)C1. The molecular weight excluding hydrogens is 565 g/mol. The fourth-order valence-corrected chi connectivity index (χ4v) is 5.58. The number of piperidine rings is 1. The molecule has 3 fully saturated rings. The third-order valence-electron chi connectivity index (χ3n) is 7.70. The van der Waals surface area contributed by atoms with Crippen molar-refractivity contribution in [3.63, 3.8) is 0 Å². The molecule has 7 nitrogen and oxygen atoms in total. The first kappa shape index (κ1) is 30.1. The molecule has 1 aromatic rings. The van der Waals surface area contributed by atoms with E-state index in [9.17, 15) is 54.2 Å². The molecule has 1 unspecified atom stereocenters. The molecular formula is C24H26F9N3O4. The maximum Gasteiger partial charge on any atom is 0.434 e. The number of hydrogen-bond acceptors (Lipinski definition) is 5. The first-order valence-corrected chi connectivity index (χ1v) is 12.4. The van der Waals surface area contributed by atoms with Crippen LogP contribution >= 0.6 is 0 Å². The van der Waals surface area contributed by atoms with Crippen molar-refractivity contribution in [1.29, 1.82) is 0 Å². The lowest BCUT2D eigenvalue weighted by Crippen LogP contribution is -2.60. The lowest BCUT2D eigenvalue weighted by molar-refractivity contribution is -0.308. The Balaban J connectivity index is 1.36. The number of carbonyl (C=O) groups is 2. The molecule has 0 bridgehead atoms. The zero-order valence-corrected chi connectivity index (χ0v) is 20.9. The lowest BCUT2D eigenvalue weighted by Gasteiger charge is -2.54. The van der Waals surface area contributed by atoms with Crippen LogP contribution in [0.5, 0.6) is 0 Å². The Bertz CT molecular complexity index is 1090. The van der Waals surface area contributed by atoms with Crippen LogP contribution < -0.4 is 4.90 Å². The van der Waals surface area contributed by atoms with Crippen molar-refractivity contribution in [3.05, 3.63) is 29.3 Å². The van der Waals surface area contributed by atoms with Gasteiger partial charge in [0.1, 0.15) is 0 Å². The van der Waals surface area contributed by atoms with Crippen molar-refractivity contribution in [2.24, 2.45) is 11.3 Å². The van der Waals surface area contributed by atoms with Crippen LogP contribution in [0, 0.1) is 11.3 Å². The van der Waals surface area contributed by atoms with Crippen LogP contribution in [0.2, 0.25) is 0 Å². The number of nitrogens with zero attached hydrogens (tertiary/aromatic N) is 3. The molecule has 0 aromatic heterocycles. The predicted molar refractivity (Wildman–Crippen MR) is 120 cm³/mol. The average Bonchev–Trinajstić information content (AvgIpc) is 3.30. The summed E-state index contributed by atoms with van der Waals surface area (Å²) < 4.78 is 120. The summed E-state index contributed by atoms with van der Waals surface area (Å²) in [5.41, 5.74) is -0.345. The van der Waals surface area contributed by atoms with E-state index in [0.717, 1.165) is 17.0 Å². The van der Waals surface area contributed by atoms with E-state index in [1.165, 1.54) is 6.07 Å². The highest BCUT2D eigenvalue weighted by Crippen LogP contribution is 2.43. The molecule has 224 valence electrons. The molecule has 1 amide bonds. The Morgan fingerprint density at radius 2 is 1.57 bits per heavy atom. The minimum atomic E-state index is -5.81. The highest BCUT2D eigenvalue weighted by molar-refractivity contribution is 5.72. The quantitative estimate of drug-likeness (QED) is 0.478. The summed E-state index contributed by atoms with van der Waals surface area (Å²) in [6.45, 7) is 1.32. The lowest BCUT2D eigenvalue weighted by atomic mass is 9.72. The smallest absolute Gasteiger partial charge is 0.434 e. The van der Waals surface area contributed by atoms with Crippen LogP contribution in [0.1, 0.15) is 30.4 Å². The normalized spacial score (nSPS) is 22.1. The van der Waals surface area contributed by atoms with Crippen molar-refractivity contribution in [2.75, 3.05) is 44.2 Å². The van der Waals surface area contributed by atoms with Gasteiger partial charge in [-0.3, -0.25) is 9.69 Å². The third kappa shape index (κ3) is 6.52. The molecule has 0 saturated carbocycles. The molecule has 1 atom stereocenters. The van der Waals surface area contributed by atoms with Gasteiger partial charge < -0.3 is 19.6 Å². The maximum absolute atomic E-state index is 13.4. The minimum Gasteiger partial charge on any atom is -0.481 e. The topological polar surface area (TPSA) is 73.3 Å². The van der Waals surface area contributed by atoms with Gasteiger partial charge in [-0.2, -0.15) is 39.5 Å². The van der Waals surface area contributed by atoms with Gasteiger partial charge in [0.15, 0.2) is 0 Å². The molecule has 1 spiro atoms. The van der Waals surface area contributed by atoms with Crippen LogP contribution in [0.15, 0.2) is 18.2 Å². The van der Waals surface area contributed by atoms with E-state index in [2.05, 4.69) is 4.74 Å². The minimum absolute atomic E-state index is 0.0725. The van der Waals surface area contributed by atoms with E-state index < -0.39 is 48.2 Å². The molecule has 3 aliphatic heterocycles. The number of ether oxygens (including phenoxy) is 1. The highest BCUT2D eigenvalue weighted by atomic mass is 19.4. The molecule has 0 aliphatic carbocycles. The molecule has 3 heterocycles. The second kappa shape index (κ2) is 10.5. The number of carboxylic acid groups (broad SMARTS) is 1. The molecule has 1 aromatic carbocycles. The Morgan fingerprint density at radius 3 is 2.08 bits per heavy atom. The summed E-state index contributed by atoms with van der Waals surface area (Å²) in [6.07, 6.45) is -21.2. The number of amides is 1. The molecule has 16 heteroatoms. The summed E-state index contributed by atoms with van der Waals surface area (Å²) in [6, 6.07) is 3.32.